The van der Waals surface area contributed by atoms with Crippen LogP contribution in [0.25, 0.3) is 16.8 Å². The number of hydrogen-bond acceptors (Lipinski definition) is 6. The first-order valence-electron chi connectivity index (χ1n) is 9.11. The number of aromatic nitrogens is 5. The van der Waals surface area contributed by atoms with Gasteiger partial charge >= 0.3 is 6.09 Å². The fraction of sp³-hybridized carbons (Fsp3) is 0.421. The molecule has 1 aliphatic rings. The van der Waals surface area contributed by atoms with Gasteiger partial charge in [-0.05, 0) is 26.8 Å². The van der Waals surface area contributed by atoms with Gasteiger partial charge in [-0.25, -0.2) is 14.3 Å². The van der Waals surface area contributed by atoms with Crippen molar-refractivity contribution in [3.05, 3.63) is 36.0 Å². The van der Waals surface area contributed by atoms with E-state index < -0.39 is 17.2 Å². The maximum absolute atomic E-state index is 12.3. The summed E-state index contributed by atoms with van der Waals surface area (Å²) in [5.74, 6) is 0. The summed E-state index contributed by atoms with van der Waals surface area (Å²) >= 11 is 6.12. The molecule has 0 atom stereocenters. The van der Waals surface area contributed by atoms with Gasteiger partial charge in [0.15, 0.2) is 0 Å². The zero-order valence-corrected chi connectivity index (χ0v) is 17.1. The molecule has 0 saturated carbocycles. The van der Waals surface area contributed by atoms with E-state index in [1.807, 2.05) is 33.0 Å². The molecule has 1 fully saturated rings. The first-order valence-corrected chi connectivity index (χ1v) is 9.49. The van der Waals surface area contributed by atoms with Crippen LogP contribution in [0, 0.1) is 11.3 Å². The van der Waals surface area contributed by atoms with Crippen LogP contribution in [0.5, 0.6) is 0 Å². The number of carbonyl (C=O) groups is 1. The molecule has 3 aromatic rings. The normalized spacial score (nSPS) is 15.8. The maximum Gasteiger partial charge on any atom is 0.410 e. The Labute approximate surface area is 172 Å². The van der Waals surface area contributed by atoms with Gasteiger partial charge in [-0.3, -0.25) is 4.68 Å². The van der Waals surface area contributed by atoms with E-state index in [1.54, 1.807) is 32.7 Å². The van der Waals surface area contributed by atoms with Crippen molar-refractivity contribution in [2.24, 2.45) is 0 Å². The molecular weight excluding hydrogens is 394 g/mol. The van der Waals surface area contributed by atoms with Crippen molar-refractivity contribution in [2.75, 3.05) is 13.1 Å². The Morgan fingerprint density at radius 3 is 2.79 bits per heavy atom. The molecule has 0 radical (unpaired) electrons. The first kappa shape index (κ1) is 19.2. The minimum atomic E-state index is -0.598. The molecule has 1 aliphatic heterocycles. The van der Waals surface area contributed by atoms with Crippen molar-refractivity contribution in [3.8, 4) is 17.3 Å². The molecular formula is C19H20ClN7O2. The number of amides is 1. The lowest BCUT2D eigenvalue weighted by molar-refractivity contribution is -0.0314. The van der Waals surface area contributed by atoms with Crippen molar-refractivity contribution < 1.29 is 9.53 Å². The highest BCUT2D eigenvalue weighted by atomic mass is 35.5. The molecule has 29 heavy (non-hydrogen) atoms. The van der Waals surface area contributed by atoms with Crippen LogP contribution in [0.15, 0.2) is 30.9 Å². The van der Waals surface area contributed by atoms with Gasteiger partial charge < -0.3 is 9.64 Å². The molecule has 4 rings (SSSR count). The van der Waals surface area contributed by atoms with Gasteiger partial charge in [0.05, 0.1) is 49.7 Å². The van der Waals surface area contributed by atoms with Gasteiger partial charge in [0.2, 0.25) is 0 Å². The quantitative estimate of drug-likeness (QED) is 0.653. The van der Waals surface area contributed by atoms with Crippen molar-refractivity contribution in [1.29, 1.82) is 5.26 Å². The van der Waals surface area contributed by atoms with E-state index in [0.717, 1.165) is 11.1 Å². The summed E-state index contributed by atoms with van der Waals surface area (Å²) in [6.07, 6.45) is 6.64. The summed E-state index contributed by atoms with van der Waals surface area (Å²) < 4.78 is 8.81. The lowest BCUT2D eigenvalue weighted by atomic mass is 9.87. The number of carbonyl (C=O) groups excluding carboxylic acids is 1. The Morgan fingerprint density at radius 2 is 2.10 bits per heavy atom. The van der Waals surface area contributed by atoms with Gasteiger partial charge in [-0.15, -0.1) is 0 Å². The summed E-state index contributed by atoms with van der Waals surface area (Å²) in [5.41, 5.74) is 1.03. The number of nitriles is 1. The molecule has 0 aromatic carbocycles. The number of likely N-dealkylation sites (tertiary alicyclic amines) is 1. The van der Waals surface area contributed by atoms with Gasteiger partial charge in [0.1, 0.15) is 22.0 Å². The zero-order valence-electron chi connectivity index (χ0n) is 16.3. The molecule has 0 bridgehead atoms. The monoisotopic (exact) mass is 413 g/mol. The van der Waals surface area contributed by atoms with Crippen molar-refractivity contribution in [1.82, 2.24) is 29.3 Å². The fourth-order valence-corrected chi connectivity index (χ4v) is 3.60. The third-order valence-electron chi connectivity index (χ3n) is 4.73. The van der Waals surface area contributed by atoms with Gasteiger partial charge in [-0.1, -0.05) is 11.6 Å². The molecule has 1 amide bonds. The Morgan fingerprint density at radius 1 is 1.34 bits per heavy atom. The average molecular weight is 414 g/mol. The van der Waals surface area contributed by atoms with Crippen LogP contribution in [-0.4, -0.2) is 54.1 Å². The molecule has 9 nitrogen and oxygen atoms in total. The van der Waals surface area contributed by atoms with E-state index in [1.165, 1.54) is 0 Å². The van der Waals surface area contributed by atoms with E-state index in [4.69, 9.17) is 16.3 Å². The van der Waals surface area contributed by atoms with Crippen LogP contribution in [0.4, 0.5) is 4.79 Å². The van der Waals surface area contributed by atoms with E-state index in [-0.39, 0.29) is 6.42 Å². The van der Waals surface area contributed by atoms with Gasteiger partial charge in [0, 0.05) is 11.8 Å². The van der Waals surface area contributed by atoms with Gasteiger partial charge in [-0.2, -0.15) is 15.5 Å². The Bertz CT molecular complexity index is 1120. The average Bonchev–Trinajstić information content (AvgIpc) is 3.24. The summed E-state index contributed by atoms with van der Waals surface area (Å²) in [5, 5.41) is 18.3. The maximum atomic E-state index is 12.3. The number of halogens is 1. The molecule has 150 valence electrons. The topological polar surface area (TPSA) is 101 Å². The van der Waals surface area contributed by atoms with E-state index in [2.05, 4.69) is 21.3 Å². The van der Waals surface area contributed by atoms with E-state index >= 15 is 0 Å². The summed E-state index contributed by atoms with van der Waals surface area (Å²) in [7, 11) is 0. The second kappa shape index (κ2) is 6.74. The summed E-state index contributed by atoms with van der Waals surface area (Å²) in [6.45, 7) is 6.16. The number of fused-ring (bicyclic) bond motifs is 1. The minimum Gasteiger partial charge on any atom is -0.444 e. The van der Waals surface area contributed by atoms with Crippen LogP contribution < -0.4 is 0 Å². The molecule has 3 aromatic heterocycles. The standard InChI is InChI=1S/C19H20ClN7O2/c1-18(2,3)29-17(28)25-11-19(12-25,5-6-21)27-9-13(8-23-27)16-14-4-7-22-26(14)10-15(20)24-16/h4,7-10H,5,11-12H2,1-3H3. The third kappa shape index (κ3) is 3.51. The lowest BCUT2D eigenvalue weighted by Crippen LogP contribution is -2.64. The third-order valence-corrected chi connectivity index (χ3v) is 4.91. The molecule has 4 heterocycles. The van der Waals surface area contributed by atoms with Crippen LogP contribution in [0.2, 0.25) is 5.15 Å². The van der Waals surface area contributed by atoms with Crippen molar-refractivity contribution >= 4 is 23.2 Å². The minimum absolute atomic E-state index is 0.221. The highest BCUT2D eigenvalue weighted by molar-refractivity contribution is 6.29. The molecule has 10 heteroatoms. The first-order chi connectivity index (χ1) is 13.7. The lowest BCUT2D eigenvalue weighted by Gasteiger charge is -2.48. The molecule has 0 N–H and O–H groups in total. The second-order valence-corrected chi connectivity index (χ2v) is 8.53. The Hall–Kier alpha value is -3.12. The second-order valence-electron chi connectivity index (χ2n) is 8.14. The molecule has 1 saturated heterocycles. The van der Waals surface area contributed by atoms with E-state index in [0.29, 0.717) is 23.9 Å². The highest BCUT2D eigenvalue weighted by Gasteiger charge is 2.48. The van der Waals surface area contributed by atoms with Crippen LogP contribution in [0.3, 0.4) is 0 Å². The highest BCUT2D eigenvalue weighted by Crippen LogP contribution is 2.35. The summed E-state index contributed by atoms with van der Waals surface area (Å²) in [6, 6.07) is 4.05. The van der Waals surface area contributed by atoms with Crippen LogP contribution in [-0.2, 0) is 10.3 Å². The van der Waals surface area contributed by atoms with Crippen molar-refractivity contribution in [3.63, 3.8) is 0 Å². The van der Waals surface area contributed by atoms with E-state index in [9.17, 15) is 10.1 Å². The Balaban J connectivity index is 1.61. The Kier molecular flexibility index (Phi) is 4.46. The van der Waals surface area contributed by atoms with Crippen molar-refractivity contribution in [2.45, 2.75) is 38.3 Å². The number of rotatable bonds is 3. The SMILES string of the molecule is CC(C)(C)OC(=O)N1CC(CC#N)(n2cc(-c3nc(Cl)cn4nccc34)cn2)C1. The predicted octanol–water partition coefficient (Wildman–Crippen LogP) is 3.11. The number of ether oxygens (including phenoxy) is 1. The summed E-state index contributed by atoms with van der Waals surface area (Å²) in [4.78, 5) is 18.3. The zero-order chi connectivity index (χ0) is 20.8. The van der Waals surface area contributed by atoms with Gasteiger partial charge in [0.25, 0.3) is 0 Å². The smallest absolute Gasteiger partial charge is 0.410 e. The number of nitrogens with zero attached hydrogens (tertiary/aromatic N) is 7. The number of hydrogen-bond donors (Lipinski definition) is 0. The predicted molar refractivity (Wildman–Crippen MR) is 105 cm³/mol. The fourth-order valence-electron chi connectivity index (χ4n) is 3.42. The van der Waals surface area contributed by atoms with Crippen LogP contribution in [0.1, 0.15) is 27.2 Å². The molecule has 0 unspecified atom stereocenters. The molecule has 0 aliphatic carbocycles. The largest absolute Gasteiger partial charge is 0.444 e. The van der Waals surface area contributed by atoms with Crippen LogP contribution >= 0.6 is 11.6 Å². The molecule has 0 spiro atoms.